The summed E-state index contributed by atoms with van der Waals surface area (Å²) in [7, 11) is 1.67. The molecule has 4 nitrogen and oxygen atoms in total. The molecule has 0 saturated carbocycles. The highest BCUT2D eigenvalue weighted by atomic mass is 16.5. The fraction of sp³-hybridized carbons (Fsp3) is 0.625. The summed E-state index contributed by atoms with van der Waals surface area (Å²) in [5.74, 6) is 2.29. The molecular weight excluding hydrogens is 254 g/mol. The van der Waals surface area contributed by atoms with Gasteiger partial charge in [-0.2, -0.15) is 0 Å². The van der Waals surface area contributed by atoms with E-state index in [1.54, 1.807) is 7.11 Å². The normalized spacial score (nSPS) is 22.5. The van der Waals surface area contributed by atoms with E-state index in [0.717, 1.165) is 50.7 Å². The predicted molar refractivity (Wildman–Crippen MR) is 79.5 cm³/mol. The van der Waals surface area contributed by atoms with Gasteiger partial charge in [-0.05, 0) is 43.7 Å². The molecule has 1 aliphatic rings. The van der Waals surface area contributed by atoms with Gasteiger partial charge in [0, 0.05) is 18.6 Å². The SMILES string of the molecule is CCNC1CCOCC1CCOc1ccc(OC)cc1. The average molecular weight is 279 g/mol. The van der Waals surface area contributed by atoms with Crippen LogP contribution in [0.3, 0.4) is 0 Å². The molecule has 2 unspecified atom stereocenters. The van der Waals surface area contributed by atoms with Crippen LogP contribution in [0.2, 0.25) is 0 Å². The van der Waals surface area contributed by atoms with Crippen LogP contribution >= 0.6 is 0 Å². The van der Waals surface area contributed by atoms with E-state index < -0.39 is 0 Å². The van der Waals surface area contributed by atoms with Crippen LogP contribution < -0.4 is 14.8 Å². The van der Waals surface area contributed by atoms with Crippen molar-refractivity contribution in [3.05, 3.63) is 24.3 Å². The molecule has 0 radical (unpaired) electrons. The Labute approximate surface area is 121 Å². The topological polar surface area (TPSA) is 39.7 Å². The molecule has 0 aliphatic carbocycles. The van der Waals surface area contributed by atoms with Crippen molar-refractivity contribution >= 4 is 0 Å². The molecule has 4 heteroatoms. The Balaban J connectivity index is 1.75. The van der Waals surface area contributed by atoms with E-state index in [4.69, 9.17) is 14.2 Å². The van der Waals surface area contributed by atoms with Crippen LogP contribution in [0.15, 0.2) is 24.3 Å². The average Bonchev–Trinajstić information content (AvgIpc) is 2.50. The minimum absolute atomic E-state index is 0.543. The highest BCUT2D eigenvalue weighted by Gasteiger charge is 2.24. The summed E-state index contributed by atoms with van der Waals surface area (Å²) in [5, 5.41) is 3.55. The van der Waals surface area contributed by atoms with E-state index >= 15 is 0 Å². The summed E-state index contributed by atoms with van der Waals surface area (Å²) < 4.78 is 16.5. The fourth-order valence-electron chi connectivity index (χ4n) is 2.61. The van der Waals surface area contributed by atoms with E-state index in [0.29, 0.717) is 12.0 Å². The molecule has 1 heterocycles. The zero-order chi connectivity index (χ0) is 14.2. The first-order valence-corrected chi connectivity index (χ1v) is 7.41. The Morgan fingerprint density at radius 3 is 2.70 bits per heavy atom. The molecule has 1 aliphatic heterocycles. The van der Waals surface area contributed by atoms with E-state index in [2.05, 4.69) is 12.2 Å². The molecule has 0 aromatic heterocycles. The van der Waals surface area contributed by atoms with Crippen LogP contribution in [0, 0.1) is 5.92 Å². The van der Waals surface area contributed by atoms with Gasteiger partial charge >= 0.3 is 0 Å². The van der Waals surface area contributed by atoms with Gasteiger partial charge in [-0.25, -0.2) is 0 Å². The van der Waals surface area contributed by atoms with Crippen molar-refractivity contribution in [1.29, 1.82) is 0 Å². The Bertz CT molecular complexity index is 378. The van der Waals surface area contributed by atoms with Crippen LogP contribution in [-0.2, 0) is 4.74 Å². The number of ether oxygens (including phenoxy) is 3. The lowest BCUT2D eigenvalue weighted by atomic mass is 9.93. The molecular formula is C16H25NO3. The Morgan fingerprint density at radius 1 is 1.25 bits per heavy atom. The van der Waals surface area contributed by atoms with Crippen LogP contribution in [-0.4, -0.2) is 39.5 Å². The summed E-state index contributed by atoms with van der Waals surface area (Å²) in [6.45, 7) is 5.60. The molecule has 1 fully saturated rings. The highest BCUT2D eigenvalue weighted by Crippen LogP contribution is 2.20. The van der Waals surface area contributed by atoms with Gasteiger partial charge in [0.2, 0.25) is 0 Å². The number of rotatable bonds is 7. The zero-order valence-electron chi connectivity index (χ0n) is 12.4. The molecule has 0 spiro atoms. The highest BCUT2D eigenvalue weighted by molar-refractivity contribution is 5.31. The number of benzene rings is 1. The van der Waals surface area contributed by atoms with Crippen molar-refractivity contribution in [3.8, 4) is 11.5 Å². The van der Waals surface area contributed by atoms with Gasteiger partial charge in [0.1, 0.15) is 11.5 Å². The molecule has 1 N–H and O–H groups in total. The first kappa shape index (κ1) is 15.1. The van der Waals surface area contributed by atoms with Gasteiger partial charge in [-0.1, -0.05) is 6.92 Å². The summed E-state index contributed by atoms with van der Waals surface area (Å²) in [6.07, 6.45) is 2.12. The van der Waals surface area contributed by atoms with Crippen molar-refractivity contribution in [2.75, 3.05) is 33.5 Å². The first-order chi connectivity index (χ1) is 9.83. The lowest BCUT2D eigenvalue weighted by molar-refractivity contribution is 0.0241. The molecule has 20 heavy (non-hydrogen) atoms. The standard InChI is InChI=1S/C16H25NO3/c1-3-17-16-9-10-19-12-13(16)8-11-20-15-6-4-14(18-2)5-7-15/h4-7,13,16-17H,3,8-12H2,1-2H3. The molecule has 1 aromatic rings. The second-order valence-electron chi connectivity index (χ2n) is 5.10. The van der Waals surface area contributed by atoms with Crippen LogP contribution in [0.5, 0.6) is 11.5 Å². The number of methoxy groups -OCH3 is 1. The minimum Gasteiger partial charge on any atom is -0.497 e. The predicted octanol–water partition coefficient (Wildman–Crippen LogP) is 2.48. The number of hydrogen-bond acceptors (Lipinski definition) is 4. The van der Waals surface area contributed by atoms with Gasteiger partial charge in [0.05, 0.1) is 20.3 Å². The number of nitrogens with one attached hydrogen (secondary N) is 1. The van der Waals surface area contributed by atoms with E-state index in [9.17, 15) is 0 Å². The molecule has 0 amide bonds. The Hall–Kier alpha value is -1.26. The van der Waals surface area contributed by atoms with Crippen molar-refractivity contribution in [2.45, 2.75) is 25.8 Å². The largest absolute Gasteiger partial charge is 0.497 e. The van der Waals surface area contributed by atoms with Crippen molar-refractivity contribution in [2.24, 2.45) is 5.92 Å². The molecule has 1 aromatic carbocycles. The third-order valence-electron chi connectivity index (χ3n) is 3.76. The Morgan fingerprint density at radius 2 is 2.00 bits per heavy atom. The van der Waals surface area contributed by atoms with E-state index in [1.807, 2.05) is 24.3 Å². The lowest BCUT2D eigenvalue weighted by Crippen LogP contribution is -2.43. The summed E-state index contributed by atoms with van der Waals surface area (Å²) in [5.41, 5.74) is 0. The van der Waals surface area contributed by atoms with Crippen LogP contribution in [0.25, 0.3) is 0 Å². The quantitative estimate of drug-likeness (QED) is 0.832. The lowest BCUT2D eigenvalue weighted by Gasteiger charge is -2.32. The van der Waals surface area contributed by atoms with Crippen LogP contribution in [0.4, 0.5) is 0 Å². The van der Waals surface area contributed by atoms with Gasteiger partial charge in [-0.15, -0.1) is 0 Å². The molecule has 2 rings (SSSR count). The maximum absolute atomic E-state index is 5.80. The summed E-state index contributed by atoms with van der Waals surface area (Å²) in [6, 6.07) is 8.28. The minimum atomic E-state index is 0.543. The molecule has 112 valence electrons. The monoisotopic (exact) mass is 279 g/mol. The van der Waals surface area contributed by atoms with E-state index in [-0.39, 0.29) is 0 Å². The van der Waals surface area contributed by atoms with Crippen LogP contribution in [0.1, 0.15) is 19.8 Å². The van der Waals surface area contributed by atoms with E-state index in [1.165, 1.54) is 0 Å². The third-order valence-corrected chi connectivity index (χ3v) is 3.76. The summed E-state index contributed by atoms with van der Waals surface area (Å²) in [4.78, 5) is 0. The van der Waals surface area contributed by atoms with Gasteiger partial charge < -0.3 is 19.5 Å². The zero-order valence-corrected chi connectivity index (χ0v) is 12.4. The van der Waals surface area contributed by atoms with Gasteiger partial charge in [0.15, 0.2) is 0 Å². The van der Waals surface area contributed by atoms with Crippen molar-refractivity contribution in [1.82, 2.24) is 5.32 Å². The maximum Gasteiger partial charge on any atom is 0.119 e. The maximum atomic E-state index is 5.80. The second kappa shape index (κ2) is 8.12. The molecule has 1 saturated heterocycles. The smallest absolute Gasteiger partial charge is 0.119 e. The summed E-state index contributed by atoms with van der Waals surface area (Å²) >= 11 is 0. The third kappa shape index (κ3) is 4.39. The molecule has 2 atom stereocenters. The van der Waals surface area contributed by atoms with Crippen molar-refractivity contribution < 1.29 is 14.2 Å². The fourth-order valence-corrected chi connectivity index (χ4v) is 2.61. The van der Waals surface area contributed by atoms with Gasteiger partial charge in [-0.3, -0.25) is 0 Å². The van der Waals surface area contributed by atoms with Crippen molar-refractivity contribution in [3.63, 3.8) is 0 Å². The first-order valence-electron chi connectivity index (χ1n) is 7.41. The Kier molecular flexibility index (Phi) is 6.15. The van der Waals surface area contributed by atoms with Gasteiger partial charge in [0.25, 0.3) is 0 Å². The number of hydrogen-bond donors (Lipinski definition) is 1. The second-order valence-corrected chi connectivity index (χ2v) is 5.10. The molecule has 0 bridgehead atoms.